The average molecular weight is 467 g/mol. The van der Waals surface area contributed by atoms with Gasteiger partial charge in [0, 0.05) is 45.2 Å². The van der Waals surface area contributed by atoms with Gasteiger partial charge in [-0.15, -0.1) is 24.0 Å². The number of hydrogen-bond donors (Lipinski definition) is 2. The van der Waals surface area contributed by atoms with Gasteiger partial charge in [-0.3, -0.25) is 9.79 Å². The molecule has 0 unspecified atom stereocenters. The van der Waals surface area contributed by atoms with Crippen molar-refractivity contribution in [2.24, 2.45) is 10.7 Å². The molecular weight excluding hydrogens is 437 g/mol. The summed E-state index contributed by atoms with van der Waals surface area (Å²) >= 11 is 0. The first kappa shape index (κ1) is 21.8. The van der Waals surface area contributed by atoms with E-state index < -0.39 is 0 Å². The largest absolute Gasteiger partial charge is 0.450 e. The lowest BCUT2D eigenvalue weighted by Gasteiger charge is -2.31. The quantitative estimate of drug-likeness (QED) is 0.264. The monoisotopic (exact) mass is 467 g/mol. The number of likely N-dealkylation sites (tertiary alicyclic amines) is 2. The van der Waals surface area contributed by atoms with E-state index in [4.69, 9.17) is 10.5 Å². The number of nitrogens with one attached hydrogen (secondary N) is 1. The van der Waals surface area contributed by atoms with E-state index in [0.29, 0.717) is 38.6 Å². The van der Waals surface area contributed by atoms with Crippen molar-refractivity contribution < 1.29 is 14.3 Å². The van der Waals surface area contributed by atoms with Crippen LogP contribution in [0, 0.1) is 0 Å². The summed E-state index contributed by atoms with van der Waals surface area (Å²) in [4.78, 5) is 31.1. The number of aliphatic imine (C=N–C) groups is 1. The van der Waals surface area contributed by atoms with Crippen LogP contribution in [0.25, 0.3) is 0 Å². The Bertz CT molecular complexity index is 467. The fourth-order valence-corrected chi connectivity index (χ4v) is 3.08. The third-order valence-electron chi connectivity index (χ3n) is 4.41. The fraction of sp³-hybridized carbons (Fsp3) is 0.812. The normalized spacial score (nSPS) is 18.9. The van der Waals surface area contributed by atoms with E-state index in [1.165, 1.54) is 0 Å². The van der Waals surface area contributed by atoms with Crippen molar-refractivity contribution >= 4 is 41.9 Å². The standard InChI is InChI=1S/C16H29N5O3.HI/c1-2-24-16(23)21-11-6-13(7-12-21)19-15(17)18-8-4-10-20-9-3-5-14(20)22;/h13H,2-12H2,1H3,(H3,17,18,19);1H. The Labute approximate surface area is 166 Å². The molecule has 0 aromatic rings. The van der Waals surface area contributed by atoms with Gasteiger partial charge in [-0.05, 0) is 32.6 Å². The van der Waals surface area contributed by atoms with Gasteiger partial charge in [-0.25, -0.2) is 4.79 Å². The maximum Gasteiger partial charge on any atom is 0.409 e. The Morgan fingerprint density at radius 2 is 2.08 bits per heavy atom. The molecular formula is C16H30IN5O3. The maximum absolute atomic E-state index is 11.6. The highest BCUT2D eigenvalue weighted by molar-refractivity contribution is 14.0. The number of carbonyl (C=O) groups is 2. The second-order valence-corrected chi connectivity index (χ2v) is 6.21. The van der Waals surface area contributed by atoms with Gasteiger partial charge in [0.25, 0.3) is 0 Å². The van der Waals surface area contributed by atoms with Crippen LogP contribution in [0.15, 0.2) is 4.99 Å². The van der Waals surface area contributed by atoms with Crippen molar-refractivity contribution in [3.8, 4) is 0 Å². The summed E-state index contributed by atoms with van der Waals surface area (Å²) in [5.74, 6) is 0.691. The number of piperidine rings is 1. The molecule has 2 aliphatic heterocycles. The number of rotatable bonds is 6. The molecule has 9 heteroatoms. The first-order valence-electron chi connectivity index (χ1n) is 8.86. The Hall–Kier alpha value is -1.26. The molecule has 25 heavy (non-hydrogen) atoms. The summed E-state index contributed by atoms with van der Waals surface area (Å²) in [7, 11) is 0. The van der Waals surface area contributed by atoms with Gasteiger partial charge >= 0.3 is 6.09 Å². The average Bonchev–Trinajstić information content (AvgIpc) is 2.97. The smallest absolute Gasteiger partial charge is 0.409 e. The van der Waals surface area contributed by atoms with E-state index >= 15 is 0 Å². The molecule has 0 aromatic carbocycles. The molecule has 2 heterocycles. The number of ether oxygens (including phenoxy) is 1. The molecule has 3 N–H and O–H groups in total. The van der Waals surface area contributed by atoms with Crippen LogP contribution in [0.3, 0.4) is 0 Å². The number of nitrogens with two attached hydrogens (primary N) is 1. The molecule has 0 aromatic heterocycles. The molecule has 0 saturated carbocycles. The lowest BCUT2D eigenvalue weighted by Crippen LogP contribution is -2.48. The molecule has 2 aliphatic rings. The van der Waals surface area contributed by atoms with Crippen LogP contribution in [-0.2, 0) is 9.53 Å². The predicted molar refractivity (Wildman–Crippen MR) is 107 cm³/mol. The van der Waals surface area contributed by atoms with Gasteiger partial charge in [0.05, 0.1) is 6.61 Å². The number of guanidine groups is 1. The van der Waals surface area contributed by atoms with Gasteiger partial charge in [-0.1, -0.05) is 0 Å². The van der Waals surface area contributed by atoms with E-state index in [9.17, 15) is 9.59 Å². The lowest BCUT2D eigenvalue weighted by molar-refractivity contribution is -0.127. The van der Waals surface area contributed by atoms with Crippen LogP contribution in [0.5, 0.6) is 0 Å². The molecule has 2 fully saturated rings. The molecule has 2 saturated heterocycles. The van der Waals surface area contributed by atoms with Crippen LogP contribution >= 0.6 is 24.0 Å². The van der Waals surface area contributed by atoms with Gasteiger partial charge in [-0.2, -0.15) is 0 Å². The van der Waals surface area contributed by atoms with Crippen LogP contribution in [0.4, 0.5) is 4.79 Å². The second-order valence-electron chi connectivity index (χ2n) is 6.21. The van der Waals surface area contributed by atoms with E-state index in [1.807, 2.05) is 11.8 Å². The van der Waals surface area contributed by atoms with Crippen molar-refractivity contribution in [1.29, 1.82) is 0 Å². The second kappa shape index (κ2) is 11.4. The van der Waals surface area contributed by atoms with E-state index in [1.54, 1.807) is 4.90 Å². The molecule has 0 radical (unpaired) electrons. The minimum Gasteiger partial charge on any atom is -0.450 e. The molecule has 0 bridgehead atoms. The molecule has 0 aliphatic carbocycles. The third-order valence-corrected chi connectivity index (χ3v) is 4.41. The van der Waals surface area contributed by atoms with Gasteiger partial charge in [0.15, 0.2) is 5.96 Å². The lowest BCUT2D eigenvalue weighted by atomic mass is 10.1. The first-order chi connectivity index (χ1) is 11.6. The number of hydrogen-bond acceptors (Lipinski definition) is 4. The van der Waals surface area contributed by atoms with Crippen molar-refractivity contribution in [2.45, 2.75) is 45.1 Å². The summed E-state index contributed by atoms with van der Waals surface area (Å²) in [5, 5.41) is 3.22. The van der Waals surface area contributed by atoms with Gasteiger partial charge in [0.1, 0.15) is 0 Å². The Balaban J connectivity index is 0.00000312. The zero-order valence-electron chi connectivity index (χ0n) is 14.9. The topological polar surface area (TPSA) is 100 Å². The minimum absolute atomic E-state index is 0. The van der Waals surface area contributed by atoms with E-state index in [2.05, 4.69) is 10.3 Å². The number of halogens is 1. The highest BCUT2D eigenvalue weighted by Gasteiger charge is 2.23. The van der Waals surface area contributed by atoms with Crippen LogP contribution in [0.2, 0.25) is 0 Å². The molecule has 2 rings (SSSR count). The highest BCUT2D eigenvalue weighted by atomic mass is 127. The van der Waals surface area contributed by atoms with Crippen molar-refractivity contribution in [3.63, 3.8) is 0 Å². The van der Waals surface area contributed by atoms with Crippen LogP contribution < -0.4 is 11.1 Å². The van der Waals surface area contributed by atoms with Crippen molar-refractivity contribution in [1.82, 2.24) is 15.1 Å². The van der Waals surface area contributed by atoms with Crippen molar-refractivity contribution in [3.05, 3.63) is 0 Å². The highest BCUT2D eigenvalue weighted by Crippen LogP contribution is 2.11. The van der Waals surface area contributed by atoms with Gasteiger partial charge < -0.3 is 25.6 Å². The number of amides is 2. The van der Waals surface area contributed by atoms with Crippen LogP contribution in [0.1, 0.15) is 39.0 Å². The van der Waals surface area contributed by atoms with Gasteiger partial charge in [0.2, 0.25) is 5.91 Å². The summed E-state index contributed by atoms with van der Waals surface area (Å²) < 4.78 is 5.00. The molecule has 8 nitrogen and oxygen atoms in total. The molecule has 0 atom stereocenters. The first-order valence-corrected chi connectivity index (χ1v) is 8.86. The Morgan fingerprint density at radius 3 is 2.68 bits per heavy atom. The number of nitrogens with zero attached hydrogens (tertiary/aromatic N) is 3. The zero-order valence-corrected chi connectivity index (χ0v) is 17.2. The molecule has 0 spiro atoms. The summed E-state index contributed by atoms with van der Waals surface area (Å²) in [5.41, 5.74) is 5.92. The number of carbonyl (C=O) groups excluding carboxylic acids is 2. The zero-order chi connectivity index (χ0) is 17.4. The molecule has 144 valence electrons. The van der Waals surface area contributed by atoms with E-state index in [-0.39, 0.29) is 42.0 Å². The maximum atomic E-state index is 11.6. The van der Waals surface area contributed by atoms with E-state index in [0.717, 1.165) is 38.8 Å². The minimum atomic E-state index is -0.242. The Morgan fingerprint density at radius 1 is 1.36 bits per heavy atom. The summed E-state index contributed by atoms with van der Waals surface area (Å²) in [6, 6.07) is 0.236. The fourth-order valence-electron chi connectivity index (χ4n) is 3.08. The third kappa shape index (κ3) is 7.25. The molecule has 2 amide bonds. The summed E-state index contributed by atoms with van der Waals surface area (Å²) in [6.45, 7) is 5.79. The van der Waals surface area contributed by atoms with Crippen LogP contribution in [-0.4, -0.2) is 73.1 Å². The Kier molecular flexibility index (Phi) is 9.91. The SMILES string of the molecule is CCOC(=O)N1CCC(NC(N)=NCCCN2CCCC2=O)CC1.I. The van der Waals surface area contributed by atoms with Crippen molar-refractivity contribution in [2.75, 3.05) is 39.3 Å². The summed E-state index contributed by atoms with van der Waals surface area (Å²) in [6.07, 6.45) is 3.90. The predicted octanol–water partition coefficient (Wildman–Crippen LogP) is 1.14.